The first kappa shape index (κ1) is 26.7. The summed E-state index contributed by atoms with van der Waals surface area (Å²) in [6, 6.07) is 23.0. The lowest BCUT2D eigenvalue weighted by Crippen LogP contribution is -2.54. The molecule has 0 bridgehead atoms. The molecule has 8 heteroatoms. The Kier molecular flexibility index (Phi) is 7.66. The minimum absolute atomic E-state index is 0.212. The summed E-state index contributed by atoms with van der Waals surface area (Å²) in [4.78, 5) is 39.5. The highest BCUT2D eigenvalue weighted by Gasteiger charge is 2.37. The van der Waals surface area contributed by atoms with Crippen LogP contribution in [0.4, 0.5) is 10.5 Å². The highest BCUT2D eigenvalue weighted by Crippen LogP contribution is 2.36. The van der Waals surface area contributed by atoms with Gasteiger partial charge in [0, 0.05) is 10.6 Å². The van der Waals surface area contributed by atoms with Crippen molar-refractivity contribution >= 4 is 52.0 Å². The normalized spacial score (nSPS) is 14.4. The van der Waals surface area contributed by atoms with Crippen molar-refractivity contribution in [3.05, 3.63) is 119 Å². The molecule has 1 fully saturated rings. The van der Waals surface area contributed by atoms with Gasteiger partial charge in [0.1, 0.15) is 12.2 Å². The van der Waals surface area contributed by atoms with Gasteiger partial charge in [0.05, 0.1) is 12.8 Å². The number of hydrogen-bond donors (Lipinski definition) is 1. The van der Waals surface area contributed by atoms with Crippen molar-refractivity contribution in [1.29, 1.82) is 0 Å². The van der Waals surface area contributed by atoms with Gasteiger partial charge in [-0.15, -0.1) is 6.58 Å². The molecule has 0 unspecified atom stereocenters. The van der Waals surface area contributed by atoms with E-state index in [0.29, 0.717) is 35.1 Å². The molecule has 4 amide bonds. The quantitative estimate of drug-likeness (QED) is 0.154. The summed E-state index contributed by atoms with van der Waals surface area (Å²) >= 11 is 6.06. The average molecular weight is 553 g/mol. The van der Waals surface area contributed by atoms with Crippen LogP contribution in [-0.2, 0) is 22.6 Å². The van der Waals surface area contributed by atoms with Gasteiger partial charge in [0.25, 0.3) is 11.8 Å². The fourth-order valence-electron chi connectivity index (χ4n) is 4.63. The fraction of sp³-hybridized carbons (Fsp3) is 0.0938. The molecule has 5 rings (SSSR count). The molecule has 200 valence electrons. The Balaban J connectivity index is 1.50. The predicted molar refractivity (Wildman–Crippen MR) is 156 cm³/mol. The van der Waals surface area contributed by atoms with Gasteiger partial charge in [0.15, 0.2) is 11.5 Å². The second-order valence-electron chi connectivity index (χ2n) is 9.07. The zero-order chi connectivity index (χ0) is 28.2. The molecule has 0 aliphatic carbocycles. The van der Waals surface area contributed by atoms with Crippen molar-refractivity contribution in [2.75, 3.05) is 12.0 Å². The molecule has 1 saturated heterocycles. The van der Waals surface area contributed by atoms with Crippen molar-refractivity contribution in [3.8, 4) is 11.5 Å². The summed E-state index contributed by atoms with van der Waals surface area (Å²) in [7, 11) is 1.52. The van der Waals surface area contributed by atoms with E-state index in [1.165, 1.54) is 19.3 Å². The van der Waals surface area contributed by atoms with Gasteiger partial charge in [-0.3, -0.25) is 14.9 Å². The zero-order valence-corrected chi connectivity index (χ0v) is 22.4. The van der Waals surface area contributed by atoms with E-state index in [2.05, 4.69) is 30.1 Å². The first-order valence-corrected chi connectivity index (χ1v) is 12.9. The van der Waals surface area contributed by atoms with Crippen LogP contribution in [0.25, 0.3) is 16.8 Å². The zero-order valence-electron chi connectivity index (χ0n) is 21.6. The molecule has 0 aromatic heterocycles. The molecule has 1 aliphatic rings. The van der Waals surface area contributed by atoms with E-state index >= 15 is 0 Å². The molecule has 7 nitrogen and oxygen atoms in total. The molecule has 0 atom stereocenters. The molecular formula is C32H25ClN2O5. The minimum atomic E-state index is -0.850. The second-order valence-corrected chi connectivity index (χ2v) is 9.51. The Morgan fingerprint density at radius 3 is 2.50 bits per heavy atom. The predicted octanol–water partition coefficient (Wildman–Crippen LogP) is 6.48. The van der Waals surface area contributed by atoms with E-state index in [1.54, 1.807) is 36.4 Å². The molecule has 1 heterocycles. The van der Waals surface area contributed by atoms with E-state index in [9.17, 15) is 14.4 Å². The van der Waals surface area contributed by atoms with E-state index in [4.69, 9.17) is 21.1 Å². The summed E-state index contributed by atoms with van der Waals surface area (Å²) in [6.45, 7) is 4.16. The maximum absolute atomic E-state index is 13.3. The number of methoxy groups -OCH3 is 1. The maximum atomic E-state index is 13.3. The van der Waals surface area contributed by atoms with Crippen molar-refractivity contribution in [2.45, 2.75) is 13.0 Å². The summed E-state index contributed by atoms with van der Waals surface area (Å²) in [5.74, 6) is -0.601. The number of nitrogens with zero attached hydrogens (tertiary/aromatic N) is 1. The Bertz CT molecular complexity index is 1690. The standard InChI is InChI=1S/C32H25ClN2O5/c1-3-8-22-15-20(16-27-30(36)34-32(38)35(31(27)37)25-13-7-12-24(33)18-25)17-28(39-2)29(22)40-19-23-11-6-10-21-9-4-5-14-26(21)23/h3-7,9-18H,1,8,19H2,2H3,(H,34,36,38)/b27-16+. The largest absolute Gasteiger partial charge is 0.493 e. The number of halogens is 1. The minimum Gasteiger partial charge on any atom is -0.493 e. The molecule has 0 spiro atoms. The number of barbiturate groups is 1. The van der Waals surface area contributed by atoms with Gasteiger partial charge >= 0.3 is 6.03 Å². The first-order valence-electron chi connectivity index (χ1n) is 12.5. The highest BCUT2D eigenvalue weighted by molar-refractivity contribution is 6.39. The van der Waals surface area contributed by atoms with Crippen molar-refractivity contribution < 1.29 is 23.9 Å². The summed E-state index contributed by atoms with van der Waals surface area (Å²) in [5.41, 5.74) is 2.33. The third-order valence-corrected chi connectivity index (χ3v) is 6.70. The van der Waals surface area contributed by atoms with Crippen molar-refractivity contribution in [1.82, 2.24) is 5.32 Å². The van der Waals surface area contributed by atoms with Gasteiger partial charge in [-0.1, -0.05) is 66.2 Å². The number of imide groups is 2. The van der Waals surface area contributed by atoms with E-state index in [0.717, 1.165) is 26.8 Å². The third-order valence-electron chi connectivity index (χ3n) is 6.47. The highest BCUT2D eigenvalue weighted by atomic mass is 35.5. The van der Waals surface area contributed by atoms with Crippen LogP contribution in [0.15, 0.2) is 97.1 Å². The number of hydrogen-bond acceptors (Lipinski definition) is 5. The number of carbonyl (C=O) groups excluding carboxylic acids is 3. The lowest BCUT2D eigenvalue weighted by Gasteiger charge is -2.26. The van der Waals surface area contributed by atoms with Crippen LogP contribution in [0.5, 0.6) is 11.5 Å². The van der Waals surface area contributed by atoms with E-state index in [-0.39, 0.29) is 11.3 Å². The molecule has 40 heavy (non-hydrogen) atoms. The third kappa shape index (κ3) is 5.32. The lowest BCUT2D eigenvalue weighted by atomic mass is 10.0. The summed E-state index contributed by atoms with van der Waals surface area (Å²) in [5, 5.41) is 4.78. The van der Waals surface area contributed by atoms with Gasteiger partial charge < -0.3 is 9.47 Å². The topological polar surface area (TPSA) is 84.9 Å². The first-order chi connectivity index (χ1) is 19.4. The Morgan fingerprint density at radius 2 is 1.73 bits per heavy atom. The second kappa shape index (κ2) is 11.5. The number of ether oxygens (including phenoxy) is 2. The number of allylic oxidation sites excluding steroid dienone is 1. The van der Waals surface area contributed by atoms with Crippen LogP contribution in [-0.4, -0.2) is 25.0 Å². The van der Waals surface area contributed by atoms with Crippen molar-refractivity contribution in [2.24, 2.45) is 0 Å². The van der Waals surface area contributed by atoms with Gasteiger partial charge in [-0.05, 0) is 64.7 Å². The molecular weight excluding hydrogens is 528 g/mol. The number of carbonyl (C=O) groups is 3. The summed E-state index contributed by atoms with van der Waals surface area (Å²) < 4.78 is 11.9. The Hall–Kier alpha value is -4.88. The smallest absolute Gasteiger partial charge is 0.335 e. The number of urea groups is 1. The number of benzene rings is 4. The summed E-state index contributed by atoms with van der Waals surface area (Å²) in [6.07, 6.45) is 3.60. The molecule has 0 radical (unpaired) electrons. The molecule has 1 N–H and O–H groups in total. The van der Waals surface area contributed by atoms with Crippen LogP contribution in [0.3, 0.4) is 0 Å². The Labute approximate surface area is 236 Å². The number of fused-ring (bicyclic) bond motifs is 1. The van der Waals surface area contributed by atoms with E-state index < -0.39 is 17.8 Å². The van der Waals surface area contributed by atoms with Crippen LogP contribution >= 0.6 is 11.6 Å². The Morgan fingerprint density at radius 1 is 0.950 bits per heavy atom. The monoisotopic (exact) mass is 552 g/mol. The molecule has 1 aliphatic heterocycles. The van der Waals surface area contributed by atoms with Crippen LogP contribution in [0.1, 0.15) is 16.7 Å². The average Bonchev–Trinajstić information content (AvgIpc) is 2.94. The van der Waals surface area contributed by atoms with Gasteiger partial charge in [-0.2, -0.15) is 0 Å². The van der Waals surface area contributed by atoms with E-state index in [1.807, 2.05) is 24.3 Å². The van der Waals surface area contributed by atoms with Crippen LogP contribution < -0.4 is 19.7 Å². The van der Waals surface area contributed by atoms with Crippen molar-refractivity contribution in [3.63, 3.8) is 0 Å². The molecule has 4 aromatic carbocycles. The SMILES string of the molecule is C=CCc1cc(/C=C2\C(=O)NC(=O)N(c3cccc(Cl)c3)C2=O)cc(OC)c1OCc1cccc2ccccc12. The number of anilines is 1. The van der Waals surface area contributed by atoms with Crippen LogP contribution in [0.2, 0.25) is 5.02 Å². The number of amides is 4. The fourth-order valence-corrected chi connectivity index (χ4v) is 4.82. The lowest BCUT2D eigenvalue weighted by molar-refractivity contribution is -0.122. The number of rotatable bonds is 8. The molecule has 0 saturated carbocycles. The molecule has 4 aromatic rings. The van der Waals surface area contributed by atoms with Crippen LogP contribution in [0, 0.1) is 0 Å². The van der Waals surface area contributed by atoms with Gasteiger partial charge in [-0.25, -0.2) is 9.69 Å². The van der Waals surface area contributed by atoms with Gasteiger partial charge in [0.2, 0.25) is 0 Å². The number of nitrogens with one attached hydrogen (secondary N) is 1. The maximum Gasteiger partial charge on any atom is 0.335 e.